The largest absolute Gasteiger partial charge is 0.367 e. The summed E-state index contributed by atoms with van der Waals surface area (Å²) < 4.78 is 3.67. The van der Waals surface area contributed by atoms with Crippen LogP contribution in [0.15, 0.2) is 59.7 Å². The van der Waals surface area contributed by atoms with Gasteiger partial charge in [0.2, 0.25) is 0 Å². The Kier molecular flexibility index (Phi) is 7.12. The van der Waals surface area contributed by atoms with Crippen LogP contribution in [0.3, 0.4) is 0 Å². The number of aryl methyl sites for hydroxylation is 1. The summed E-state index contributed by atoms with van der Waals surface area (Å²) in [5.74, 6) is 1.08. The lowest BCUT2D eigenvalue weighted by Gasteiger charge is -2.29. The van der Waals surface area contributed by atoms with E-state index in [4.69, 9.17) is 11.6 Å². The summed E-state index contributed by atoms with van der Waals surface area (Å²) in [6.45, 7) is 2.46. The quantitative estimate of drug-likeness (QED) is 0.320. The number of anilines is 1. The van der Waals surface area contributed by atoms with Crippen LogP contribution in [-0.2, 0) is 6.54 Å². The predicted octanol–water partition coefficient (Wildman–Crippen LogP) is 5.50. The summed E-state index contributed by atoms with van der Waals surface area (Å²) >= 11 is 6.05. The summed E-state index contributed by atoms with van der Waals surface area (Å²) in [6, 6.07) is 14.2. The molecule has 8 nitrogen and oxygen atoms in total. The first kappa shape index (κ1) is 25.6. The molecule has 202 valence electrons. The third-order valence-corrected chi connectivity index (χ3v) is 8.43. The van der Waals surface area contributed by atoms with Crippen molar-refractivity contribution in [3.63, 3.8) is 0 Å². The van der Waals surface area contributed by atoms with Gasteiger partial charge < -0.3 is 10.6 Å². The second-order valence-corrected chi connectivity index (χ2v) is 11.3. The number of pyridine rings is 2. The fourth-order valence-corrected chi connectivity index (χ4v) is 5.91. The molecule has 0 saturated heterocycles. The molecule has 9 heteroatoms. The van der Waals surface area contributed by atoms with Gasteiger partial charge in [-0.05, 0) is 88.1 Å². The van der Waals surface area contributed by atoms with Crippen molar-refractivity contribution >= 4 is 34.4 Å². The first-order valence-electron chi connectivity index (χ1n) is 13.8. The van der Waals surface area contributed by atoms with Crippen molar-refractivity contribution in [2.75, 3.05) is 5.32 Å². The highest BCUT2D eigenvalue weighted by atomic mass is 35.5. The van der Waals surface area contributed by atoms with E-state index >= 15 is 0 Å². The van der Waals surface area contributed by atoms with Gasteiger partial charge in [0.05, 0.1) is 39.2 Å². The van der Waals surface area contributed by atoms with E-state index < -0.39 is 0 Å². The minimum absolute atomic E-state index is 0.0444. The van der Waals surface area contributed by atoms with E-state index in [9.17, 15) is 9.59 Å². The van der Waals surface area contributed by atoms with Crippen LogP contribution in [0.25, 0.3) is 16.7 Å². The van der Waals surface area contributed by atoms with Crippen LogP contribution in [0.4, 0.5) is 5.82 Å². The molecule has 0 bridgehead atoms. The minimum Gasteiger partial charge on any atom is -0.367 e. The van der Waals surface area contributed by atoms with Crippen LogP contribution in [-0.4, -0.2) is 37.1 Å². The highest BCUT2D eigenvalue weighted by Crippen LogP contribution is 2.28. The summed E-state index contributed by atoms with van der Waals surface area (Å²) in [7, 11) is 0. The Morgan fingerprint density at radius 2 is 1.74 bits per heavy atom. The molecule has 2 saturated carbocycles. The standard InChI is InChI=1S/C30H33ClN6O2/c1-19-25(15-21(31)16-32-19)29(38)35-23-11-9-20(10-12-23)18-36-26-7-2-3-8-27(26)37(30(36)39)24-13-14-28(33-17-24)34-22-5-4-6-22/h2-3,7-8,13-17,20,22-23H,4-6,9-12,18H2,1H3,(H,33,34)(H,35,38)/t20-,23-. The van der Waals surface area contributed by atoms with E-state index in [2.05, 4.69) is 20.6 Å². The number of fused-ring (bicyclic) bond motifs is 1. The molecule has 0 unspecified atom stereocenters. The molecule has 39 heavy (non-hydrogen) atoms. The number of nitrogens with one attached hydrogen (secondary N) is 2. The van der Waals surface area contributed by atoms with Gasteiger partial charge >= 0.3 is 5.69 Å². The van der Waals surface area contributed by atoms with E-state index in [1.807, 2.05) is 47.9 Å². The highest BCUT2D eigenvalue weighted by Gasteiger charge is 2.26. The number of hydrogen-bond acceptors (Lipinski definition) is 5. The van der Waals surface area contributed by atoms with Crippen LogP contribution < -0.4 is 16.3 Å². The molecule has 0 radical (unpaired) electrons. The van der Waals surface area contributed by atoms with Crippen molar-refractivity contribution in [2.24, 2.45) is 5.92 Å². The number of imidazole rings is 1. The van der Waals surface area contributed by atoms with Gasteiger partial charge in [0.1, 0.15) is 5.82 Å². The number of aromatic nitrogens is 4. The number of hydrogen-bond donors (Lipinski definition) is 2. The van der Waals surface area contributed by atoms with Crippen LogP contribution in [0, 0.1) is 12.8 Å². The maximum atomic E-state index is 13.7. The molecule has 3 heterocycles. The fraction of sp³-hybridized carbons (Fsp3) is 0.400. The van der Waals surface area contributed by atoms with Gasteiger partial charge in [0.15, 0.2) is 0 Å². The first-order valence-corrected chi connectivity index (χ1v) is 14.2. The smallest absolute Gasteiger partial charge is 0.333 e. The van der Waals surface area contributed by atoms with Crippen molar-refractivity contribution < 1.29 is 4.79 Å². The van der Waals surface area contributed by atoms with Gasteiger partial charge in [-0.1, -0.05) is 23.7 Å². The minimum atomic E-state index is -0.132. The van der Waals surface area contributed by atoms with E-state index in [0.717, 1.165) is 48.2 Å². The number of rotatable bonds is 7. The third kappa shape index (κ3) is 5.30. The van der Waals surface area contributed by atoms with Crippen LogP contribution in [0.5, 0.6) is 0 Å². The summed E-state index contributed by atoms with van der Waals surface area (Å²) in [5.41, 5.74) is 3.73. The Morgan fingerprint density at radius 1 is 0.974 bits per heavy atom. The summed E-state index contributed by atoms with van der Waals surface area (Å²) in [5, 5.41) is 7.07. The second-order valence-electron chi connectivity index (χ2n) is 10.9. The molecule has 0 aliphatic heterocycles. The summed E-state index contributed by atoms with van der Waals surface area (Å²) in [4.78, 5) is 35.3. The lowest BCUT2D eigenvalue weighted by molar-refractivity contribution is 0.0919. The van der Waals surface area contributed by atoms with Gasteiger partial charge in [-0.3, -0.25) is 18.9 Å². The number of nitrogens with zero attached hydrogens (tertiary/aromatic N) is 4. The molecular formula is C30H33ClN6O2. The number of halogens is 1. The zero-order valence-electron chi connectivity index (χ0n) is 22.1. The van der Waals surface area contributed by atoms with Gasteiger partial charge in [-0.2, -0.15) is 0 Å². The molecular weight excluding hydrogens is 512 g/mol. The first-order chi connectivity index (χ1) is 19.0. The number of para-hydroxylation sites is 2. The Morgan fingerprint density at radius 3 is 2.44 bits per heavy atom. The average molecular weight is 545 g/mol. The van der Waals surface area contributed by atoms with E-state index in [1.165, 1.54) is 19.3 Å². The van der Waals surface area contributed by atoms with E-state index in [0.29, 0.717) is 34.8 Å². The Labute approximate surface area is 232 Å². The normalized spacial score (nSPS) is 19.5. The van der Waals surface area contributed by atoms with Crippen molar-refractivity contribution in [3.8, 4) is 5.69 Å². The van der Waals surface area contributed by atoms with Crippen LogP contribution >= 0.6 is 11.6 Å². The zero-order chi connectivity index (χ0) is 26.9. The number of amides is 1. The molecule has 6 rings (SSSR count). The van der Waals surface area contributed by atoms with Crippen LogP contribution in [0.1, 0.15) is 61.0 Å². The van der Waals surface area contributed by atoms with E-state index in [-0.39, 0.29) is 17.6 Å². The summed E-state index contributed by atoms with van der Waals surface area (Å²) in [6.07, 6.45) is 10.6. The lowest BCUT2D eigenvalue weighted by Crippen LogP contribution is -2.39. The number of benzene rings is 1. The third-order valence-electron chi connectivity index (χ3n) is 8.22. The van der Waals surface area contributed by atoms with E-state index in [1.54, 1.807) is 23.0 Å². The van der Waals surface area contributed by atoms with Crippen LogP contribution in [0.2, 0.25) is 5.02 Å². The van der Waals surface area contributed by atoms with Gasteiger partial charge in [-0.15, -0.1) is 0 Å². The van der Waals surface area contributed by atoms with Crippen molar-refractivity contribution in [2.45, 2.75) is 70.5 Å². The Hall–Kier alpha value is -3.65. The van der Waals surface area contributed by atoms with Crippen molar-refractivity contribution in [1.29, 1.82) is 0 Å². The molecule has 2 fully saturated rings. The highest BCUT2D eigenvalue weighted by molar-refractivity contribution is 6.30. The topological polar surface area (TPSA) is 93.8 Å². The molecule has 4 aromatic rings. The Bertz CT molecular complexity index is 1550. The average Bonchev–Trinajstić information content (AvgIpc) is 3.20. The molecule has 3 aromatic heterocycles. The maximum absolute atomic E-state index is 13.7. The number of carbonyl (C=O) groups is 1. The predicted molar refractivity (Wildman–Crippen MR) is 154 cm³/mol. The van der Waals surface area contributed by atoms with Gasteiger partial charge in [0.25, 0.3) is 5.91 Å². The SMILES string of the molecule is Cc1ncc(Cl)cc1C(=O)N[C@H]1CC[C@H](Cn2c(=O)n(-c3ccc(NC4CCC4)nc3)c3ccccc32)CC1. The molecule has 2 aliphatic rings. The monoisotopic (exact) mass is 544 g/mol. The van der Waals surface area contributed by atoms with Gasteiger partial charge in [-0.25, -0.2) is 9.78 Å². The van der Waals surface area contributed by atoms with Crippen molar-refractivity contribution in [3.05, 3.63) is 81.6 Å². The lowest BCUT2D eigenvalue weighted by atomic mass is 9.85. The molecule has 2 N–H and O–H groups in total. The second kappa shape index (κ2) is 10.8. The number of carbonyl (C=O) groups excluding carboxylic acids is 1. The molecule has 2 aliphatic carbocycles. The molecule has 1 amide bonds. The molecule has 0 spiro atoms. The fourth-order valence-electron chi connectivity index (χ4n) is 5.75. The van der Waals surface area contributed by atoms with Gasteiger partial charge in [0, 0.05) is 24.8 Å². The maximum Gasteiger partial charge on any atom is 0.333 e. The molecule has 0 atom stereocenters. The Balaban J connectivity index is 1.15. The zero-order valence-corrected chi connectivity index (χ0v) is 22.8. The van der Waals surface area contributed by atoms with Crippen molar-refractivity contribution in [1.82, 2.24) is 24.4 Å². The molecule has 1 aromatic carbocycles.